The van der Waals surface area contributed by atoms with Crippen molar-refractivity contribution >= 4 is 41.6 Å². The summed E-state index contributed by atoms with van der Waals surface area (Å²) in [7, 11) is 5.65. The molecule has 0 aliphatic rings. The van der Waals surface area contributed by atoms with Gasteiger partial charge in [-0.25, -0.2) is 9.59 Å². The molecule has 17 nitrogen and oxygen atoms in total. The third kappa shape index (κ3) is 18.6. The van der Waals surface area contributed by atoms with Gasteiger partial charge in [0.25, 0.3) is 5.91 Å². The van der Waals surface area contributed by atoms with Gasteiger partial charge in [0.15, 0.2) is 0 Å². The number of methoxy groups -OCH3 is 3. The maximum Gasteiger partial charge on any atom is 0.407 e. The minimum atomic E-state index is -1.33. The largest absolute Gasteiger partial charge is 0.497 e. The van der Waals surface area contributed by atoms with Gasteiger partial charge in [-0.2, -0.15) is 0 Å². The Morgan fingerprint density at radius 3 is 1.75 bits per heavy atom. The van der Waals surface area contributed by atoms with Gasteiger partial charge in [-0.05, 0) is 124 Å². The Bertz CT molecular complexity index is 2440. The lowest BCUT2D eigenvalue weighted by atomic mass is 10.0. The van der Waals surface area contributed by atoms with Gasteiger partial charge in [0.1, 0.15) is 41.3 Å². The fourth-order valence-electron chi connectivity index (χ4n) is 7.75. The maximum atomic E-state index is 14.7. The lowest BCUT2D eigenvalue weighted by Gasteiger charge is -2.32. The Labute approximate surface area is 429 Å². The van der Waals surface area contributed by atoms with Crippen LogP contribution in [-0.2, 0) is 46.3 Å². The second kappa shape index (κ2) is 28.6. The lowest BCUT2D eigenvalue weighted by Crippen LogP contribution is -2.55. The van der Waals surface area contributed by atoms with Crippen molar-refractivity contribution in [3.63, 3.8) is 0 Å². The summed E-state index contributed by atoms with van der Waals surface area (Å²) in [6.07, 6.45) is 3.66. The van der Waals surface area contributed by atoms with Crippen molar-refractivity contribution in [1.82, 2.24) is 31.5 Å². The van der Waals surface area contributed by atoms with Gasteiger partial charge in [0.05, 0.1) is 27.2 Å². The minimum Gasteiger partial charge on any atom is -0.497 e. The minimum absolute atomic E-state index is 0.0457. The number of alkyl carbamates (subject to hydrolysis) is 1. The zero-order valence-corrected chi connectivity index (χ0v) is 43.9. The highest BCUT2D eigenvalue weighted by Gasteiger charge is 2.36. The van der Waals surface area contributed by atoms with Crippen LogP contribution < -0.4 is 36.1 Å². The molecule has 0 unspecified atom stereocenters. The number of carbonyl (C=O) groups is 7. The molecule has 0 aromatic heterocycles. The summed E-state index contributed by atoms with van der Waals surface area (Å²) in [6, 6.07) is 24.2. The molecule has 17 heteroatoms. The molecule has 394 valence electrons. The van der Waals surface area contributed by atoms with Crippen LogP contribution in [0.3, 0.4) is 0 Å². The smallest absolute Gasteiger partial charge is 0.407 e. The van der Waals surface area contributed by atoms with Crippen LogP contribution in [0.4, 0.5) is 4.79 Å². The first-order chi connectivity index (χ1) is 34.8. The number of likely N-dealkylation sites (N-methyl/N-ethyl adjacent to an activating group) is 1. The summed E-state index contributed by atoms with van der Waals surface area (Å²) in [5, 5.41) is 13.8. The molecule has 0 spiro atoms. The van der Waals surface area contributed by atoms with Crippen molar-refractivity contribution in [3.05, 3.63) is 119 Å². The van der Waals surface area contributed by atoms with Gasteiger partial charge in [0, 0.05) is 32.1 Å². The number of esters is 1. The van der Waals surface area contributed by atoms with Gasteiger partial charge in [-0.15, -0.1) is 0 Å². The van der Waals surface area contributed by atoms with Crippen LogP contribution in [0.1, 0.15) is 107 Å². The van der Waals surface area contributed by atoms with Gasteiger partial charge < -0.3 is 50.4 Å². The van der Waals surface area contributed by atoms with E-state index in [1.807, 2.05) is 12.1 Å². The molecule has 0 heterocycles. The SMILES string of the molecule is CCCCc1ccc(-c2ccc(C(=O)NC[C@@H](C)C(=O)N[C@@H](CCCCNC(=O)OC(C)(C)C)C(=O)N(C)[C@H](C(=O)N[C@@H](C)C(=O)N[C@@H](Cc3ccc(OC)cc3)C(=O)OC)c3ccc(OC)cc3)cc2)cc1. The Balaban J connectivity index is 1.50. The zero-order valence-electron chi connectivity index (χ0n) is 43.9. The van der Waals surface area contributed by atoms with Gasteiger partial charge in [0.2, 0.25) is 23.6 Å². The van der Waals surface area contributed by atoms with E-state index in [9.17, 15) is 33.6 Å². The predicted octanol–water partition coefficient (Wildman–Crippen LogP) is 6.86. The molecule has 0 saturated heterocycles. The summed E-state index contributed by atoms with van der Waals surface area (Å²) in [5.41, 5.74) is 4.07. The number of rotatable bonds is 26. The summed E-state index contributed by atoms with van der Waals surface area (Å²) < 4.78 is 20.9. The number of aryl methyl sites for hydroxylation is 1. The number of carbonyl (C=O) groups excluding carboxylic acids is 7. The molecule has 4 aromatic rings. The molecule has 0 saturated carbocycles. The number of benzene rings is 4. The Kier molecular flexibility index (Phi) is 22.8. The maximum absolute atomic E-state index is 14.7. The standard InChI is InChI=1S/C56H74N6O11/c1-11-12-15-38-17-21-40(22-18-38)41-23-25-43(26-24-41)51(65)58-35-36(2)49(63)60-46(16-13-14-33-57-55(69)73-56(4,5)6)53(67)62(7)48(42-27-31-45(71-9)32-28-42)52(66)59-37(3)50(64)61-47(54(68)72-10)34-39-19-29-44(70-8)30-20-39/h17-32,36-37,46-48H,11-16,33-35H2,1-10H3,(H,57,69)(H,58,65)(H,59,66)(H,60,63)(H,61,64)/t36-,37+,46+,47+,48+/m1/s1. The van der Waals surface area contributed by atoms with E-state index in [-0.39, 0.29) is 31.8 Å². The molecule has 0 fully saturated rings. The highest BCUT2D eigenvalue weighted by Crippen LogP contribution is 2.25. The Hall–Kier alpha value is -7.43. The normalized spacial score (nSPS) is 13.1. The number of nitrogens with one attached hydrogen (secondary N) is 5. The van der Waals surface area contributed by atoms with Gasteiger partial charge >= 0.3 is 12.1 Å². The molecular weight excluding hydrogens is 933 g/mol. The van der Waals surface area contributed by atoms with E-state index < -0.39 is 71.4 Å². The number of unbranched alkanes of at least 4 members (excludes halogenated alkanes) is 2. The summed E-state index contributed by atoms with van der Waals surface area (Å²) >= 11 is 0. The predicted molar refractivity (Wildman–Crippen MR) is 279 cm³/mol. The van der Waals surface area contributed by atoms with Crippen molar-refractivity contribution in [1.29, 1.82) is 0 Å². The van der Waals surface area contributed by atoms with Crippen LogP contribution in [-0.4, -0.2) is 112 Å². The number of hydrogen-bond donors (Lipinski definition) is 5. The van der Waals surface area contributed by atoms with E-state index in [0.717, 1.165) is 30.4 Å². The van der Waals surface area contributed by atoms with Crippen molar-refractivity contribution in [2.75, 3.05) is 41.5 Å². The van der Waals surface area contributed by atoms with Crippen LogP contribution >= 0.6 is 0 Å². The highest BCUT2D eigenvalue weighted by molar-refractivity contribution is 5.97. The molecule has 0 aliphatic heterocycles. The first kappa shape index (κ1) is 58.1. The molecule has 4 aromatic carbocycles. The monoisotopic (exact) mass is 1010 g/mol. The quantitative estimate of drug-likeness (QED) is 0.0323. The number of amides is 6. The number of nitrogens with zero attached hydrogens (tertiary/aromatic N) is 1. The first-order valence-electron chi connectivity index (χ1n) is 24.7. The molecule has 5 atom stereocenters. The van der Waals surface area contributed by atoms with Crippen LogP contribution in [0, 0.1) is 5.92 Å². The Morgan fingerprint density at radius 1 is 0.630 bits per heavy atom. The van der Waals surface area contributed by atoms with Crippen molar-refractivity contribution in [3.8, 4) is 22.6 Å². The summed E-state index contributed by atoms with van der Waals surface area (Å²) in [5.74, 6) is -3.33. The van der Waals surface area contributed by atoms with Crippen LogP contribution in [0.2, 0.25) is 0 Å². The second-order valence-electron chi connectivity index (χ2n) is 19.0. The summed E-state index contributed by atoms with van der Waals surface area (Å²) in [6.45, 7) is 10.7. The molecular formula is C56H74N6O11. The topological polar surface area (TPSA) is 220 Å². The molecule has 5 N–H and O–H groups in total. The third-order valence-corrected chi connectivity index (χ3v) is 12.0. The van der Waals surface area contributed by atoms with E-state index >= 15 is 0 Å². The van der Waals surface area contributed by atoms with Crippen LogP contribution in [0.5, 0.6) is 11.5 Å². The first-order valence-corrected chi connectivity index (χ1v) is 24.7. The van der Waals surface area contributed by atoms with E-state index in [0.29, 0.717) is 41.0 Å². The molecule has 0 aliphatic carbocycles. The van der Waals surface area contributed by atoms with Gasteiger partial charge in [-0.3, -0.25) is 24.0 Å². The highest BCUT2D eigenvalue weighted by atomic mass is 16.6. The van der Waals surface area contributed by atoms with Crippen molar-refractivity contribution < 1.29 is 52.5 Å². The van der Waals surface area contributed by atoms with E-state index in [1.165, 1.54) is 45.8 Å². The van der Waals surface area contributed by atoms with Crippen LogP contribution in [0.15, 0.2) is 97.1 Å². The van der Waals surface area contributed by atoms with Crippen LogP contribution in [0.25, 0.3) is 11.1 Å². The van der Waals surface area contributed by atoms with Crippen molar-refractivity contribution in [2.45, 2.75) is 116 Å². The Morgan fingerprint density at radius 2 is 1.19 bits per heavy atom. The molecule has 73 heavy (non-hydrogen) atoms. The second-order valence-corrected chi connectivity index (χ2v) is 19.0. The lowest BCUT2D eigenvalue weighted by molar-refractivity contribution is -0.145. The molecule has 0 radical (unpaired) electrons. The summed E-state index contributed by atoms with van der Waals surface area (Å²) in [4.78, 5) is 96.3. The van der Waals surface area contributed by atoms with E-state index in [4.69, 9.17) is 18.9 Å². The third-order valence-electron chi connectivity index (χ3n) is 12.0. The fraction of sp³-hybridized carbons (Fsp3) is 0.446. The average Bonchev–Trinajstić information content (AvgIpc) is 3.38. The number of hydrogen-bond acceptors (Lipinski definition) is 11. The molecule has 6 amide bonds. The molecule has 0 bridgehead atoms. The number of ether oxygens (including phenoxy) is 4. The average molecular weight is 1010 g/mol. The van der Waals surface area contributed by atoms with E-state index in [2.05, 4.69) is 57.8 Å². The molecule has 4 rings (SSSR count). The zero-order chi connectivity index (χ0) is 53.7. The van der Waals surface area contributed by atoms with E-state index in [1.54, 1.807) is 88.4 Å². The van der Waals surface area contributed by atoms with Crippen molar-refractivity contribution in [2.24, 2.45) is 5.92 Å². The van der Waals surface area contributed by atoms with Gasteiger partial charge in [-0.1, -0.05) is 80.9 Å². The fourth-order valence-corrected chi connectivity index (χ4v) is 7.75.